The van der Waals surface area contributed by atoms with Crippen molar-refractivity contribution in [3.8, 4) is 12.3 Å². The Balaban J connectivity index is 2.15. The highest BCUT2D eigenvalue weighted by Crippen LogP contribution is 2.29. The minimum absolute atomic E-state index is 0.0414. The minimum atomic E-state index is -4.57. The quantitative estimate of drug-likeness (QED) is 0.339. The second-order valence-corrected chi connectivity index (χ2v) is 8.80. The average molecular weight is 483 g/mol. The number of halogens is 4. The lowest BCUT2D eigenvalue weighted by Gasteiger charge is -2.11. The number of benzene rings is 1. The first-order valence-corrected chi connectivity index (χ1v) is 11.5. The number of aryl methyl sites for hydroxylation is 1. The van der Waals surface area contributed by atoms with E-state index in [1.54, 1.807) is 6.92 Å². The van der Waals surface area contributed by atoms with Crippen LogP contribution in [-0.2, 0) is 34.0 Å². The molecule has 0 bridgehead atoms. The van der Waals surface area contributed by atoms with Crippen molar-refractivity contribution < 1.29 is 30.8 Å². The van der Waals surface area contributed by atoms with Crippen molar-refractivity contribution in [2.75, 3.05) is 11.0 Å². The molecule has 0 saturated heterocycles. The van der Waals surface area contributed by atoms with E-state index in [9.17, 15) is 30.8 Å². The molecule has 2 N–H and O–H groups in total. The number of hydrogen-bond donors (Lipinski definition) is 2. The van der Waals surface area contributed by atoms with Crippen molar-refractivity contribution in [3.05, 3.63) is 64.2 Å². The van der Waals surface area contributed by atoms with Crippen LogP contribution in [0.3, 0.4) is 0 Å². The molecular formula is C22H21F4N3O3S. The van der Waals surface area contributed by atoms with Crippen LogP contribution in [0.25, 0.3) is 6.08 Å². The summed E-state index contributed by atoms with van der Waals surface area (Å²) in [5, 5.41) is 2.50. The molecule has 176 valence electrons. The maximum absolute atomic E-state index is 14.3. The fourth-order valence-corrected chi connectivity index (χ4v) is 3.42. The number of carbonyl (C=O) groups excluding carboxylic acids is 1. The molecule has 1 amide bonds. The van der Waals surface area contributed by atoms with Gasteiger partial charge >= 0.3 is 6.18 Å². The van der Waals surface area contributed by atoms with E-state index in [-0.39, 0.29) is 29.1 Å². The molecule has 1 aromatic heterocycles. The summed E-state index contributed by atoms with van der Waals surface area (Å²) in [4.78, 5) is 15.8. The number of hydrogen-bond acceptors (Lipinski definition) is 4. The Morgan fingerprint density at radius 2 is 1.97 bits per heavy atom. The van der Waals surface area contributed by atoms with E-state index < -0.39 is 33.6 Å². The van der Waals surface area contributed by atoms with Crippen LogP contribution in [0.2, 0.25) is 0 Å². The van der Waals surface area contributed by atoms with Gasteiger partial charge in [-0.3, -0.25) is 9.52 Å². The van der Waals surface area contributed by atoms with E-state index in [4.69, 9.17) is 6.42 Å². The van der Waals surface area contributed by atoms with E-state index in [1.165, 1.54) is 18.2 Å². The molecule has 2 rings (SSSR count). The Labute approximate surface area is 189 Å². The van der Waals surface area contributed by atoms with E-state index >= 15 is 0 Å². The standard InChI is InChI=1S/C22H21F4N3O3S/c1-4-6-18-16(7-9-19(28-18)22(24,25)26)8-10-20(30)27-13-14-11-15(5-2)21(17(23)12-14)29-33(3,31)32/h2,7-12,29H,4,6,13H2,1,3H3,(H,27,30)/b10-8-. The van der Waals surface area contributed by atoms with Gasteiger partial charge in [0.15, 0.2) is 0 Å². The molecule has 33 heavy (non-hydrogen) atoms. The van der Waals surface area contributed by atoms with Crippen molar-refractivity contribution in [2.24, 2.45) is 0 Å². The maximum Gasteiger partial charge on any atom is 0.433 e. The highest BCUT2D eigenvalue weighted by atomic mass is 32.2. The highest BCUT2D eigenvalue weighted by Gasteiger charge is 2.32. The Kier molecular flexibility index (Phi) is 8.22. The number of pyridine rings is 1. The SMILES string of the molecule is C#Cc1cc(CNC(=O)/C=C\c2ccc(C(F)(F)F)nc2CCC)cc(F)c1NS(C)(=O)=O. The van der Waals surface area contributed by atoms with Crippen LogP contribution >= 0.6 is 0 Å². The van der Waals surface area contributed by atoms with Crippen molar-refractivity contribution in [2.45, 2.75) is 32.5 Å². The monoisotopic (exact) mass is 483 g/mol. The summed E-state index contributed by atoms with van der Waals surface area (Å²) in [6.45, 7) is 1.67. The predicted octanol–water partition coefficient (Wildman–Crippen LogP) is 3.87. The third-order valence-corrected chi connectivity index (χ3v) is 4.84. The zero-order valence-corrected chi connectivity index (χ0v) is 18.6. The maximum atomic E-state index is 14.3. The number of nitrogens with one attached hydrogen (secondary N) is 2. The fraction of sp³-hybridized carbons (Fsp3) is 0.273. The van der Waals surface area contributed by atoms with Gasteiger partial charge in [0.05, 0.1) is 17.5 Å². The predicted molar refractivity (Wildman–Crippen MR) is 117 cm³/mol. The van der Waals surface area contributed by atoms with E-state index in [0.717, 1.165) is 24.5 Å². The summed E-state index contributed by atoms with van der Waals surface area (Å²) >= 11 is 0. The molecule has 0 radical (unpaired) electrons. The molecule has 1 heterocycles. The first-order valence-electron chi connectivity index (χ1n) is 9.64. The van der Waals surface area contributed by atoms with Crippen LogP contribution < -0.4 is 10.0 Å². The van der Waals surface area contributed by atoms with Gasteiger partial charge in [0.1, 0.15) is 11.5 Å². The molecule has 11 heteroatoms. The van der Waals surface area contributed by atoms with Gasteiger partial charge in [-0.1, -0.05) is 25.3 Å². The molecule has 6 nitrogen and oxygen atoms in total. The number of nitrogens with zero attached hydrogens (tertiary/aromatic N) is 1. The summed E-state index contributed by atoms with van der Waals surface area (Å²) in [7, 11) is -3.76. The Morgan fingerprint density at radius 3 is 2.55 bits per heavy atom. The number of rotatable bonds is 8. The molecule has 1 aromatic carbocycles. The second-order valence-electron chi connectivity index (χ2n) is 7.05. The number of amides is 1. The largest absolute Gasteiger partial charge is 0.433 e. The lowest BCUT2D eigenvalue weighted by molar-refractivity contribution is -0.141. The van der Waals surface area contributed by atoms with Crippen LogP contribution in [0, 0.1) is 18.2 Å². The number of anilines is 1. The lowest BCUT2D eigenvalue weighted by Crippen LogP contribution is -2.21. The molecule has 0 atom stereocenters. The summed E-state index contributed by atoms with van der Waals surface area (Å²) in [5.41, 5.74) is -0.548. The molecule has 0 aliphatic rings. The van der Waals surface area contributed by atoms with E-state index in [0.29, 0.717) is 18.4 Å². The van der Waals surface area contributed by atoms with Crippen LogP contribution in [-0.4, -0.2) is 25.6 Å². The third kappa shape index (κ3) is 7.61. The number of aromatic nitrogens is 1. The first kappa shape index (κ1) is 25.9. The zero-order valence-electron chi connectivity index (χ0n) is 17.8. The third-order valence-electron chi connectivity index (χ3n) is 4.26. The molecular weight excluding hydrogens is 462 g/mol. The van der Waals surface area contributed by atoms with Gasteiger partial charge in [-0.15, -0.1) is 6.42 Å². The average Bonchev–Trinajstić information content (AvgIpc) is 2.71. The number of alkyl halides is 3. The van der Waals surface area contributed by atoms with Gasteiger partial charge in [0, 0.05) is 18.3 Å². The molecule has 2 aromatic rings. The normalized spacial score (nSPS) is 11.9. The van der Waals surface area contributed by atoms with Gasteiger partial charge < -0.3 is 5.32 Å². The van der Waals surface area contributed by atoms with Crippen LogP contribution in [0.4, 0.5) is 23.2 Å². The fourth-order valence-electron chi connectivity index (χ4n) is 2.84. The Morgan fingerprint density at radius 1 is 1.27 bits per heavy atom. The number of sulfonamides is 1. The molecule has 0 unspecified atom stereocenters. The smallest absolute Gasteiger partial charge is 0.348 e. The zero-order chi connectivity index (χ0) is 24.8. The van der Waals surface area contributed by atoms with Crippen molar-refractivity contribution in [1.29, 1.82) is 0 Å². The highest BCUT2D eigenvalue weighted by molar-refractivity contribution is 7.92. The number of carbonyl (C=O) groups is 1. The molecule has 0 fully saturated rings. The van der Waals surface area contributed by atoms with E-state index in [2.05, 4.69) is 16.2 Å². The summed E-state index contributed by atoms with van der Waals surface area (Å²) in [6.07, 6.45) is 4.95. The molecule has 0 aliphatic heterocycles. The van der Waals surface area contributed by atoms with Gasteiger partial charge in [-0.2, -0.15) is 13.2 Å². The lowest BCUT2D eigenvalue weighted by atomic mass is 10.1. The first-order chi connectivity index (χ1) is 15.3. The van der Waals surface area contributed by atoms with Gasteiger partial charge in [0.2, 0.25) is 15.9 Å². The van der Waals surface area contributed by atoms with Gasteiger partial charge in [-0.05, 0) is 41.8 Å². The second kappa shape index (κ2) is 10.5. The molecule has 0 aliphatic carbocycles. The van der Waals surface area contributed by atoms with Crippen molar-refractivity contribution in [1.82, 2.24) is 10.3 Å². The molecule has 0 saturated carbocycles. The Bertz CT molecular complexity index is 1220. The van der Waals surface area contributed by atoms with Crippen LogP contribution in [0.5, 0.6) is 0 Å². The number of terminal acetylenes is 1. The Hall–Kier alpha value is -3.39. The van der Waals surface area contributed by atoms with Crippen molar-refractivity contribution >= 4 is 27.7 Å². The summed E-state index contributed by atoms with van der Waals surface area (Å²) < 4.78 is 77.7. The summed E-state index contributed by atoms with van der Waals surface area (Å²) in [6, 6.07) is 4.46. The summed E-state index contributed by atoms with van der Waals surface area (Å²) in [5.74, 6) is 0.695. The molecule has 0 spiro atoms. The van der Waals surface area contributed by atoms with Gasteiger partial charge in [0.25, 0.3) is 0 Å². The van der Waals surface area contributed by atoms with Gasteiger partial charge in [-0.25, -0.2) is 17.8 Å². The minimum Gasteiger partial charge on any atom is -0.348 e. The van der Waals surface area contributed by atoms with Crippen molar-refractivity contribution in [3.63, 3.8) is 0 Å². The van der Waals surface area contributed by atoms with Crippen LogP contribution in [0.15, 0.2) is 30.3 Å². The van der Waals surface area contributed by atoms with Crippen LogP contribution in [0.1, 0.15) is 41.4 Å². The topological polar surface area (TPSA) is 88.2 Å². The van der Waals surface area contributed by atoms with E-state index in [1.807, 2.05) is 4.72 Å².